The monoisotopic (exact) mass is 338 g/mol. The van der Waals surface area contributed by atoms with Gasteiger partial charge in [-0.25, -0.2) is 0 Å². The van der Waals surface area contributed by atoms with Crippen molar-refractivity contribution in [1.82, 2.24) is 5.32 Å². The van der Waals surface area contributed by atoms with Gasteiger partial charge in [-0.1, -0.05) is 42.1 Å². The first kappa shape index (κ1) is 15.5. The van der Waals surface area contributed by atoms with Crippen molar-refractivity contribution in [1.29, 1.82) is 0 Å². The maximum absolute atomic E-state index is 11.9. The van der Waals surface area contributed by atoms with Crippen LogP contribution >= 0.6 is 15.9 Å². The van der Waals surface area contributed by atoms with Crippen LogP contribution in [-0.2, 0) is 4.79 Å². The van der Waals surface area contributed by atoms with Crippen molar-refractivity contribution in [2.24, 2.45) is 5.92 Å². The summed E-state index contributed by atoms with van der Waals surface area (Å²) in [6, 6.07) is 8.15. The molecule has 2 unspecified atom stereocenters. The number of carbonyl (C=O) groups is 1. The lowest BCUT2D eigenvalue weighted by molar-refractivity contribution is -0.115. The molecule has 0 saturated heterocycles. The first-order chi connectivity index (χ1) is 9.67. The second-order valence-electron chi connectivity index (χ2n) is 5.57. The highest BCUT2D eigenvalue weighted by molar-refractivity contribution is 9.10. The van der Waals surface area contributed by atoms with Gasteiger partial charge in [-0.05, 0) is 43.0 Å². The maximum Gasteiger partial charge on any atom is 0.238 e. The number of carbonyl (C=O) groups excluding carboxylic acids is 1. The molecule has 4 heteroatoms. The molecule has 1 aromatic carbocycles. The average molecular weight is 339 g/mol. The van der Waals surface area contributed by atoms with Gasteiger partial charge in [0, 0.05) is 16.2 Å². The van der Waals surface area contributed by atoms with Crippen LogP contribution in [0.5, 0.6) is 0 Å². The lowest BCUT2D eigenvalue weighted by atomic mass is 9.84. The van der Waals surface area contributed by atoms with Crippen molar-refractivity contribution in [2.45, 2.75) is 45.1 Å². The summed E-state index contributed by atoms with van der Waals surface area (Å²) in [5.41, 5.74) is 0.843. The summed E-state index contributed by atoms with van der Waals surface area (Å²) in [6.07, 6.45) is 6.29. The van der Waals surface area contributed by atoms with Crippen LogP contribution < -0.4 is 10.6 Å². The van der Waals surface area contributed by atoms with Crippen molar-refractivity contribution < 1.29 is 4.79 Å². The van der Waals surface area contributed by atoms with Gasteiger partial charge < -0.3 is 10.6 Å². The number of amides is 1. The molecule has 1 aliphatic rings. The van der Waals surface area contributed by atoms with Crippen LogP contribution in [0.15, 0.2) is 28.7 Å². The number of hydrogen-bond acceptors (Lipinski definition) is 2. The van der Waals surface area contributed by atoms with E-state index in [9.17, 15) is 4.79 Å². The SMILES string of the molecule is CCC1CCCC(NCC(=O)Nc2ccc(Br)cc2)C1. The molecule has 1 aromatic rings. The number of benzene rings is 1. The van der Waals surface area contributed by atoms with E-state index >= 15 is 0 Å². The van der Waals surface area contributed by atoms with Crippen molar-refractivity contribution in [3.05, 3.63) is 28.7 Å². The molecule has 1 saturated carbocycles. The summed E-state index contributed by atoms with van der Waals surface area (Å²) in [6.45, 7) is 2.66. The first-order valence-corrected chi connectivity index (χ1v) is 8.25. The highest BCUT2D eigenvalue weighted by Crippen LogP contribution is 2.26. The zero-order valence-corrected chi connectivity index (χ0v) is 13.6. The second kappa shape index (κ2) is 7.79. The molecule has 3 nitrogen and oxygen atoms in total. The van der Waals surface area contributed by atoms with Crippen molar-refractivity contribution in [3.63, 3.8) is 0 Å². The normalized spacial score (nSPS) is 22.5. The minimum atomic E-state index is 0.0333. The summed E-state index contributed by atoms with van der Waals surface area (Å²) < 4.78 is 1.02. The van der Waals surface area contributed by atoms with Crippen LogP contribution in [0.25, 0.3) is 0 Å². The molecule has 1 amide bonds. The number of nitrogens with one attached hydrogen (secondary N) is 2. The highest BCUT2D eigenvalue weighted by Gasteiger charge is 2.20. The predicted molar refractivity (Wildman–Crippen MR) is 86.8 cm³/mol. The van der Waals surface area contributed by atoms with E-state index in [1.165, 1.54) is 32.1 Å². The molecule has 0 heterocycles. The van der Waals surface area contributed by atoms with Gasteiger partial charge in [0.25, 0.3) is 0 Å². The Labute approximate surface area is 129 Å². The van der Waals surface area contributed by atoms with Crippen LogP contribution in [0.1, 0.15) is 39.0 Å². The summed E-state index contributed by atoms with van der Waals surface area (Å²) >= 11 is 3.38. The van der Waals surface area contributed by atoms with Crippen molar-refractivity contribution in [3.8, 4) is 0 Å². The summed E-state index contributed by atoms with van der Waals surface area (Å²) in [7, 11) is 0. The molecular weight excluding hydrogens is 316 g/mol. The zero-order valence-electron chi connectivity index (χ0n) is 12.0. The molecule has 20 heavy (non-hydrogen) atoms. The molecule has 2 N–H and O–H groups in total. The van der Waals surface area contributed by atoms with Gasteiger partial charge in [-0.3, -0.25) is 4.79 Å². The molecule has 0 aliphatic heterocycles. The van der Waals surface area contributed by atoms with Crippen LogP contribution in [0.3, 0.4) is 0 Å². The van der Waals surface area contributed by atoms with Gasteiger partial charge in [-0.2, -0.15) is 0 Å². The average Bonchev–Trinajstić information content (AvgIpc) is 2.48. The quantitative estimate of drug-likeness (QED) is 0.853. The zero-order chi connectivity index (χ0) is 14.4. The minimum Gasteiger partial charge on any atom is -0.325 e. The fourth-order valence-electron chi connectivity index (χ4n) is 2.82. The first-order valence-electron chi connectivity index (χ1n) is 7.46. The van der Waals surface area contributed by atoms with E-state index < -0.39 is 0 Å². The van der Waals surface area contributed by atoms with E-state index in [0.717, 1.165) is 16.1 Å². The van der Waals surface area contributed by atoms with Crippen LogP contribution in [0.2, 0.25) is 0 Å². The Balaban J connectivity index is 1.73. The van der Waals surface area contributed by atoms with Gasteiger partial charge in [0.15, 0.2) is 0 Å². The van der Waals surface area contributed by atoms with E-state index in [1.54, 1.807) is 0 Å². The third-order valence-electron chi connectivity index (χ3n) is 4.04. The van der Waals surface area contributed by atoms with Crippen LogP contribution in [0.4, 0.5) is 5.69 Å². The number of hydrogen-bond donors (Lipinski definition) is 2. The summed E-state index contributed by atoms with van der Waals surface area (Å²) in [4.78, 5) is 11.9. The second-order valence-corrected chi connectivity index (χ2v) is 6.49. The van der Waals surface area contributed by atoms with E-state index in [2.05, 4.69) is 33.5 Å². The highest BCUT2D eigenvalue weighted by atomic mass is 79.9. The van der Waals surface area contributed by atoms with Crippen molar-refractivity contribution in [2.75, 3.05) is 11.9 Å². The Bertz CT molecular complexity index is 433. The Hall–Kier alpha value is -0.870. The number of anilines is 1. The molecule has 0 bridgehead atoms. The third-order valence-corrected chi connectivity index (χ3v) is 4.57. The molecule has 110 valence electrons. The smallest absolute Gasteiger partial charge is 0.238 e. The Kier molecular flexibility index (Phi) is 6.05. The topological polar surface area (TPSA) is 41.1 Å². The number of halogens is 1. The van der Waals surface area contributed by atoms with E-state index in [-0.39, 0.29) is 5.91 Å². The van der Waals surface area contributed by atoms with E-state index in [0.29, 0.717) is 12.6 Å². The van der Waals surface area contributed by atoms with Gasteiger partial charge in [0.2, 0.25) is 5.91 Å². The molecule has 1 fully saturated rings. The molecular formula is C16H23BrN2O. The van der Waals surface area contributed by atoms with Gasteiger partial charge >= 0.3 is 0 Å². The minimum absolute atomic E-state index is 0.0333. The molecule has 2 rings (SSSR count). The number of rotatable bonds is 5. The molecule has 1 aliphatic carbocycles. The summed E-state index contributed by atoms with van der Waals surface area (Å²) in [5.74, 6) is 0.863. The van der Waals surface area contributed by atoms with E-state index in [1.807, 2.05) is 24.3 Å². The van der Waals surface area contributed by atoms with Gasteiger partial charge in [0.1, 0.15) is 0 Å². The fraction of sp³-hybridized carbons (Fsp3) is 0.562. The molecule has 2 atom stereocenters. The third kappa shape index (κ3) is 4.91. The maximum atomic E-state index is 11.9. The lowest BCUT2D eigenvalue weighted by Crippen LogP contribution is -2.39. The van der Waals surface area contributed by atoms with E-state index in [4.69, 9.17) is 0 Å². The molecule has 0 spiro atoms. The Morgan fingerprint density at radius 2 is 2.05 bits per heavy atom. The summed E-state index contributed by atoms with van der Waals surface area (Å²) in [5, 5.41) is 6.31. The largest absolute Gasteiger partial charge is 0.325 e. The Morgan fingerprint density at radius 1 is 1.30 bits per heavy atom. The predicted octanol–water partition coefficient (Wildman–Crippen LogP) is 3.95. The lowest BCUT2D eigenvalue weighted by Gasteiger charge is -2.29. The standard InChI is InChI=1S/C16H23BrN2O/c1-2-12-4-3-5-15(10-12)18-11-16(20)19-14-8-6-13(17)7-9-14/h6-9,12,15,18H,2-5,10-11H2,1H3,(H,19,20). The van der Waals surface area contributed by atoms with Crippen LogP contribution in [0, 0.1) is 5.92 Å². The van der Waals surface area contributed by atoms with Gasteiger partial charge in [0.05, 0.1) is 6.54 Å². The van der Waals surface area contributed by atoms with Gasteiger partial charge in [-0.15, -0.1) is 0 Å². The van der Waals surface area contributed by atoms with Crippen LogP contribution in [-0.4, -0.2) is 18.5 Å². The Morgan fingerprint density at radius 3 is 2.75 bits per heavy atom. The molecule has 0 radical (unpaired) electrons. The van der Waals surface area contributed by atoms with Crippen molar-refractivity contribution >= 4 is 27.5 Å². The molecule has 0 aromatic heterocycles. The fourth-order valence-corrected chi connectivity index (χ4v) is 3.09.